The van der Waals surface area contributed by atoms with Crippen LogP contribution in [-0.4, -0.2) is 57.5 Å². The van der Waals surface area contributed by atoms with Crippen molar-refractivity contribution >= 4 is 23.5 Å². The molecule has 24 heavy (non-hydrogen) atoms. The minimum Gasteiger partial charge on any atom is -0.481 e. The van der Waals surface area contributed by atoms with Crippen LogP contribution in [-0.2, 0) is 9.53 Å². The first-order chi connectivity index (χ1) is 11.6. The molecule has 2 heterocycles. The highest BCUT2D eigenvalue weighted by molar-refractivity contribution is 6.33. The van der Waals surface area contributed by atoms with Crippen LogP contribution >= 0.6 is 11.6 Å². The number of rotatable bonds is 4. The monoisotopic (exact) mass is 349 g/mol. The summed E-state index contributed by atoms with van der Waals surface area (Å²) in [6.45, 7) is 0.909. The van der Waals surface area contributed by atoms with Crippen molar-refractivity contribution < 1.29 is 19.4 Å². The molecule has 1 fully saturated rings. The first-order valence-corrected chi connectivity index (χ1v) is 7.84. The fourth-order valence-electron chi connectivity index (χ4n) is 2.69. The highest BCUT2D eigenvalue weighted by Crippen LogP contribution is 2.23. The van der Waals surface area contributed by atoms with Gasteiger partial charge >= 0.3 is 5.97 Å². The summed E-state index contributed by atoms with van der Waals surface area (Å²) in [5, 5.41) is 13.5. The van der Waals surface area contributed by atoms with Crippen LogP contribution in [0.5, 0.6) is 0 Å². The zero-order valence-electron chi connectivity index (χ0n) is 12.8. The molecular formula is C16H16ClN3O4. The summed E-state index contributed by atoms with van der Waals surface area (Å²) in [5.74, 6) is -1.27. The molecule has 1 atom stereocenters. The Balaban J connectivity index is 1.90. The van der Waals surface area contributed by atoms with Gasteiger partial charge in [-0.05, 0) is 24.3 Å². The molecule has 1 aromatic heterocycles. The van der Waals surface area contributed by atoms with E-state index in [0.717, 1.165) is 0 Å². The number of nitrogens with zero attached hydrogens (tertiary/aromatic N) is 3. The Morgan fingerprint density at radius 1 is 1.42 bits per heavy atom. The fraction of sp³-hybridized carbons (Fsp3) is 0.312. The topological polar surface area (TPSA) is 84.7 Å². The fourth-order valence-corrected chi connectivity index (χ4v) is 2.89. The molecule has 1 N–H and O–H groups in total. The second-order valence-corrected chi connectivity index (χ2v) is 5.85. The van der Waals surface area contributed by atoms with Gasteiger partial charge in [-0.2, -0.15) is 5.10 Å². The molecule has 7 nitrogen and oxygen atoms in total. The van der Waals surface area contributed by atoms with Gasteiger partial charge in [0.05, 0.1) is 41.9 Å². The highest BCUT2D eigenvalue weighted by atomic mass is 35.5. The number of morpholine rings is 1. The van der Waals surface area contributed by atoms with Crippen molar-refractivity contribution in [1.29, 1.82) is 0 Å². The third-order valence-corrected chi connectivity index (χ3v) is 4.18. The number of amides is 1. The predicted octanol–water partition coefficient (Wildman–Crippen LogP) is 1.84. The molecule has 3 rings (SSSR count). The molecule has 1 amide bonds. The summed E-state index contributed by atoms with van der Waals surface area (Å²) >= 11 is 6.20. The standard InChI is InChI=1S/C16H16ClN3O4/c17-14-3-2-11(20-5-1-4-18-20)8-13(14)16(23)19-6-7-24-10-12(19)9-15(21)22/h1-5,8,12H,6-7,9-10H2,(H,21,22). The number of ether oxygens (including phenoxy) is 1. The molecule has 8 heteroatoms. The van der Waals surface area contributed by atoms with Gasteiger partial charge in [0.2, 0.25) is 0 Å². The largest absolute Gasteiger partial charge is 0.481 e. The maximum absolute atomic E-state index is 12.9. The number of carboxylic acid groups (broad SMARTS) is 1. The van der Waals surface area contributed by atoms with Gasteiger partial charge in [0.15, 0.2) is 0 Å². The Hall–Kier alpha value is -2.38. The number of hydrogen-bond donors (Lipinski definition) is 1. The van der Waals surface area contributed by atoms with E-state index in [1.54, 1.807) is 41.3 Å². The Labute approximate surface area is 143 Å². The first-order valence-electron chi connectivity index (χ1n) is 7.46. The van der Waals surface area contributed by atoms with Crippen molar-refractivity contribution in [1.82, 2.24) is 14.7 Å². The lowest BCUT2D eigenvalue weighted by atomic mass is 10.1. The molecule has 0 bridgehead atoms. The molecule has 1 aliphatic heterocycles. The van der Waals surface area contributed by atoms with Crippen molar-refractivity contribution in [2.24, 2.45) is 0 Å². The third kappa shape index (κ3) is 3.42. The van der Waals surface area contributed by atoms with E-state index in [1.165, 1.54) is 4.90 Å². The summed E-state index contributed by atoms with van der Waals surface area (Å²) in [5.41, 5.74) is 1.03. The van der Waals surface area contributed by atoms with Gasteiger partial charge in [0.1, 0.15) is 0 Å². The lowest BCUT2D eigenvalue weighted by molar-refractivity contribution is -0.139. The lowest BCUT2D eigenvalue weighted by Crippen LogP contribution is -2.49. The number of aromatic nitrogens is 2. The number of halogens is 1. The van der Waals surface area contributed by atoms with Gasteiger partial charge in [0.25, 0.3) is 5.91 Å². The Bertz CT molecular complexity index is 748. The van der Waals surface area contributed by atoms with Crippen LogP contribution in [0.15, 0.2) is 36.7 Å². The number of benzene rings is 1. The normalized spacial score (nSPS) is 17.7. The van der Waals surface area contributed by atoms with Crippen molar-refractivity contribution in [3.05, 3.63) is 47.2 Å². The van der Waals surface area contributed by atoms with Crippen LogP contribution < -0.4 is 0 Å². The van der Waals surface area contributed by atoms with Gasteiger partial charge in [-0.3, -0.25) is 9.59 Å². The van der Waals surface area contributed by atoms with Crippen LogP contribution in [0, 0.1) is 0 Å². The third-order valence-electron chi connectivity index (χ3n) is 3.85. The van der Waals surface area contributed by atoms with E-state index >= 15 is 0 Å². The molecule has 0 radical (unpaired) electrons. The highest BCUT2D eigenvalue weighted by Gasteiger charge is 2.30. The SMILES string of the molecule is O=C(O)CC1COCCN1C(=O)c1cc(-n2cccn2)ccc1Cl. The van der Waals surface area contributed by atoms with E-state index < -0.39 is 12.0 Å². The van der Waals surface area contributed by atoms with Crippen LogP contribution in [0.25, 0.3) is 5.69 Å². The molecule has 1 saturated heterocycles. The second-order valence-electron chi connectivity index (χ2n) is 5.44. The van der Waals surface area contributed by atoms with E-state index in [2.05, 4.69) is 5.10 Å². The predicted molar refractivity (Wildman–Crippen MR) is 86.5 cm³/mol. The summed E-state index contributed by atoms with van der Waals surface area (Å²) < 4.78 is 6.93. The molecule has 0 aliphatic carbocycles. The lowest BCUT2D eigenvalue weighted by Gasteiger charge is -2.35. The van der Waals surface area contributed by atoms with Gasteiger partial charge in [0, 0.05) is 18.9 Å². The van der Waals surface area contributed by atoms with Gasteiger partial charge in [-0.25, -0.2) is 4.68 Å². The van der Waals surface area contributed by atoms with Crippen LogP contribution in [0.2, 0.25) is 5.02 Å². The molecule has 126 valence electrons. The summed E-state index contributed by atoms with van der Waals surface area (Å²) in [6, 6.07) is 6.33. The zero-order valence-corrected chi connectivity index (χ0v) is 13.5. The second kappa shape index (κ2) is 7.02. The minimum atomic E-state index is -0.973. The average molecular weight is 350 g/mol. The number of hydrogen-bond acceptors (Lipinski definition) is 4. The maximum atomic E-state index is 12.9. The smallest absolute Gasteiger partial charge is 0.305 e. The maximum Gasteiger partial charge on any atom is 0.305 e. The molecule has 1 aliphatic rings. The molecule has 1 unspecified atom stereocenters. The molecule has 0 spiro atoms. The molecule has 0 saturated carbocycles. The van der Waals surface area contributed by atoms with E-state index in [1.807, 2.05) is 0 Å². The molecular weight excluding hydrogens is 334 g/mol. The number of carbonyl (C=O) groups is 2. The zero-order chi connectivity index (χ0) is 17.1. The Morgan fingerprint density at radius 2 is 2.25 bits per heavy atom. The van der Waals surface area contributed by atoms with Gasteiger partial charge in [-0.15, -0.1) is 0 Å². The minimum absolute atomic E-state index is 0.164. The summed E-state index contributed by atoms with van der Waals surface area (Å²) in [7, 11) is 0. The van der Waals surface area contributed by atoms with E-state index in [4.69, 9.17) is 21.4 Å². The Kier molecular flexibility index (Phi) is 4.82. The van der Waals surface area contributed by atoms with E-state index in [9.17, 15) is 9.59 Å². The van der Waals surface area contributed by atoms with Crippen molar-refractivity contribution in [2.75, 3.05) is 19.8 Å². The van der Waals surface area contributed by atoms with Gasteiger partial charge in [-0.1, -0.05) is 11.6 Å². The van der Waals surface area contributed by atoms with Crippen LogP contribution in [0.3, 0.4) is 0 Å². The van der Waals surface area contributed by atoms with Crippen molar-refractivity contribution in [3.8, 4) is 5.69 Å². The van der Waals surface area contributed by atoms with Crippen LogP contribution in [0.4, 0.5) is 0 Å². The average Bonchev–Trinajstić information content (AvgIpc) is 3.09. The number of aliphatic carboxylic acids is 1. The van der Waals surface area contributed by atoms with Crippen molar-refractivity contribution in [2.45, 2.75) is 12.5 Å². The van der Waals surface area contributed by atoms with E-state index in [0.29, 0.717) is 29.4 Å². The molecule has 2 aromatic rings. The Morgan fingerprint density at radius 3 is 2.96 bits per heavy atom. The molecule has 1 aromatic carbocycles. The number of carboxylic acids is 1. The summed E-state index contributed by atoms with van der Waals surface area (Å²) in [4.78, 5) is 25.4. The van der Waals surface area contributed by atoms with Crippen LogP contribution in [0.1, 0.15) is 16.8 Å². The van der Waals surface area contributed by atoms with Crippen molar-refractivity contribution in [3.63, 3.8) is 0 Å². The number of carbonyl (C=O) groups excluding carboxylic acids is 1. The summed E-state index contributed by atoms with van der Waals surface area (Å²) in [6.07, 6.45) is 3.24. The first kappa shape index (κ1) is 16.5. The van der Waals surface area contributed by atoms with Gasteiger partial charge < -0.3 is 14.7 Å². The quantitative estimate of drug-likeness (QED) is 0.910. The van der Waals surface area contributed by atoms with E-state index in [-0.39, 0.29) is 18.9 Å².